The maximum absolute atomic E-state index is 13.8. The number of rotatable bonds is 8. The van der Waals surface area contributed by atoms with Crippen molar-refractivity contribution in [2.45, 2.75) is 45.2 Å². The van der Waals surface area contributed by atoms with Crippen LogP contribution in [0.25, 0.3) is 21.9 Å². The second-order valence-corrected chi connectivity index (χ2v) is 11.2. The van der Waals surface area contributed by atoms with E-state index in [1.165, 1.54) is 0 Å². The minimum atomic E-state index is -0.405. The standard InChI is InChI=1S/C30H33N5O4/c1-17(2)10-19(13-27(36)26-12-18-11-22(39-3)8-9-23(18)31-26)29(37)34-15-21-14-20(34)16-35(21)30(38)28-32-24-6-4-5-7-25(24)33-28/h4-9,11-12,17,19-21,31H,10,13-16H2,1-3H3,(H,32,33)/t19-,20+,21+/m1/s1. The van der Waals surface area contributed by atoms with Crippen LogP contribution in [0.4, 0.5) is 0 Å². The van der Waals surface area contributed by atoms with Crippen molar-refractivity contribution in [1.29, 1.82) is 0 Å². The van der Waals surface area contributed by atoms with Crippen molar-refractivity contribution in [1.82, 2.24) is 24.8 Å². The van der Waals surface area contributed by atoms with Crippen molar-refractivity contribution in [2.75, 3.05) is 20.2 Å². The number of para-hydroxylation sites is 2. The van der Waals surface area contributed by atoms with Crippen LogP contribution >= 0.6 is 0 Å². The highest BCUT2D eigenvalue weighted by Gasteiger charge is 2.48. The van der Waals surface area contributed by atoms with Gasteiger partial charge in [0.05, 0.1) is 35.9 Å². The van der Waals surface area contributed by atoms with Gasteiger partial charge in [-0.15, -0.1) is 0 Å². The molecule has 0 aliphatic carbocycles. The lowest BCUT2D eigenvalue weighted by Crippen LogP contribution is -2.52. The highest BCUT2D eigenvalue weighted by Crippen LogP contribution is 2.34. The zero-order valence-corrected chi connectivity index (χ0v) is 22.4. The molecule has 202 valence electrons. The van der Waals surface area contributed by atoms with Crippen LogP contribution in [0.15, 0.2) is 48.5 Å². The number of benzene rings is 2. The fourth-order valence-electron chi connectivity index (χ4n) is 6.17. The summed E-state index contributed by atoms with van der Waals surface area (Å²) in [5, 5.41) is 0.899. The molecule has 2 aromatic carbocycles. The number of fused-ring (bicyclic) bond motifs is 4. The third-order valence-electron chi connectivity index (χ3n) is 8.04. The molecule has 0 unspecified atom stereocenters. The third-order valence-corrected chi connectivity index (χ3v) is 8.04. The van der Waals surface area contributed by atoms with E-state index >= 15 is 0 Å². The van der Waals surface area contributed by atoms with E-state index in [2.05, 4.69) is 28.8 Å². The van der Waals surface area contributed by atoms with Gasteiger partial charge in [0.25, 0.3) is 5.91 Å². The number of H-pyrrole nitrogens is 2. The topological polar surface area (TPSA) is 111 Å². The molecule has 4 heterocycles. The maximum atomic E-state index is 13.8. The number of amides is 2. The molecule has 9 nitrogen and oxygen atoms in total. The highest BCUT2D eigenvalue weighted by molar-refractivity contribution is 6.01. The van der Waals surface area contributed by atoms with Crippen LogP contribution in [-0.4, -0.2) is 74.6 Å². The summed E-state index contributed by atoms with van der Waals surface area (Å²) >= 11 is 0. The van der Waals surface area contributed by atoms with Crippen molar-refractivity contribution < 1.29 is 19.1 Å². The number of hydrogen-bond acceptors (Lipinski definition) is 5. The number of Topliss-reactive ketones (excluding diaryl/α,β-unsaturated/α-hetero) is 1. The number of carbonyl (C=O) groups excluding carboxylic acids is 3. The van der Waals surface area contributed by atoms with Crippen molar-refractivity contribution >= 4 is 39.5 Å². The van der Waals surface area contributed by atoms with E-state index in [9.17, 15) is 14.4 Å². The highest BCUT2D eigenvalue weighted by atomic mass is 16.5. The molecule has 2 amide bonds. The fourth-order valence-corrected chi connectivity index (χ4v) is 6.17. The molecule has 2 aromatic heterocycles. The summed E-state index contributed by atoms with van der Waals surface area (Å²) in [6.07, 6.45) is 1.54. The summed E-state index contributed by atoms with van der Waals surface area (Å²) in [6, 6.07) is 15.0. The molecule has 3 atom stereocenters. The number of carbonyl (C=O) groups is 3. The van der Waals surface area contributed by atoms with Crippen LogP contribution in [0.2, 0.25) is 0 Å². The molecule has 2 saturated heterocycles. The average molecular weight is 528 g/mol. The number of likely N-dealkylation sites (tertiary alicyclic amines) is 2. The molecule has 4 aromatic rings. The summed E-state index contributed by atoms with van der Waals surface area (Å²) < 4.78 is 5.30. The summed E-state index contributed by atoms with van der Waals surface area (Å²) in [6.45, 7) is 5.12. The van der Waals surface area contributed by atoms with Crippen molar-refractivity contribution in [3.63, 3.8) is 0 Å². The lowest BCUT2D eigenvalue weighted by molar-refractivity contribution is -0.138. The number of piperazine rings is 1. The molecular weight excluding hydrogens is 494 g/mol. The van der Waals surface area contributed by atoms with Crippen molar-refractivity contribution in [3.05, 3.63) is 60.0 Å². The Kier molecular flexibility index (Phi) is 6.37. The summed E-state index contributed by atoms with van der Waals surface area (Å²) in [7, 11) is 1.61. The number of nitrogens with one attached hydrogen (secondary N) is 2. The first-order chi connectivity index (χ1) is 18.8. The van der Waals surface area contributed by atoms with Gasteiger partial charge in [-0.25, -0.2) is 4.98 Å². The quantitative estimate of drug-likeness (QED) is 0.330. The summed E-state index contributed by atoms with van der Waals surface area (Å²) in [5.41, 5.74) is 2.96. The number of hydrogen-bond donors (Lipinski definition) is 2. The number of aromatic nitrogens is 3. The van der Waals surface area contributed by atoms with Gasteiger partial charge in [-0.2, -0.15) is 0 Å². The monoisotopic (exact) mass is 527 g/mol. The predicted octanol–water partition coefficient (Wildman–Crippen LogP) is 4.41. The first-order valence-electron chi connectivity index (χ1n) is 13.6. The van der Waals surface area contributed by atoms with Crippen LogP contribution in [0.5, 0.6) is 5.75 Å². The molecule has 2 fully saturated rings. The van der Waals surface area contributed by atoms with Crippen molar-refractivity contribution in [2.24, 2.45) is 11.8 Å². The predicted molar refractivity (Wildman–Crippen MR) is 148 cm³/mol. The molecule has 0 radical (unpaired) electrons. The van der Waals surface area contributed by atoms with Gasteiger partial charge in [0.2, 0.25) is 5.91 Å². The molecule has 0 saturated carbocycles. The van der Waals surface area contributed by atoms with E-state index in [1.807, 2.05) is 58.3 Å². The molecule has 2 bridgehead atoms. The van der Waals surface area contributed by atoms with E-state index < -0.39 is 5.92 Å². The Labute approximate surface area is 226 Å². The van der Waals surface area contributed by atoms with Crippen LogP contribution in [0.3, 0.4) is 0 Å². The molecule has 2 N–H and O–H groups in total. The minimum absolute atomic E-state index is 0.0122. The number of aromatic amines is 2. The molecular formula is C30H33N5O4. The first-order valence-corrected chi connectivity index (χ1v) is 13.6. The van der Waals surface area contributed by atoms with Gasteiger partial charge in [-0.1, -0.05) is 26.0 Å². The van der Waals surface area contributed by atoms with Crippen LogP contribution in [0.1, 0.15) is 54.2 Å². The van der Waals surface area contributed by atoms with Gasteiger partial charge < -0.3 is 24.5 Å². The Balaban J connectivity index is 1.14. The molecule has 2 aliphatic heterocycles. The van der Waals surface area contributed by atoms with Gasteiger partial charge >= 0.3 is 0 Å². The molecule has 6 rings (SSSR count). The Morgan fingerprint density at radius 1 is 1.00 bits per heavy atom. The van der Waals surface area contributed by atoms with Gasteiger partial charge in [0, 0.05) is 36.3 Å². The second kappa shape index (κ2) is 9.87. The Hall–Kier alpha value is -4.14. The summed E-state index contributed by atoms with van der Waals surface area (Å²) in [4.78, 5) is 54.9. The lowest BCUT2D eigenvalue weighted by Gasteiger charge is -2.36. The van der Waals surface area contributed by atoms with E-state index in [0.29, 0.717) is 31.0 Å². The van der Waals surface area contributed by atoms with Gasteiger partial charge in [0.15, 0.2) is 11.6 Å². The molecule has 0 spiro atoms. The Morgan fingerprint density at radius 2 is 1.77 bits per heavy atom. The van der Waals surface area contributed by atoms with Gasteiger partial charge in [0.1, 0.15) is 5.75 Å². The van der Waals surface area contributed by atoms with Gasteiger partial charge in [-0.3, -0.25) is 14.4 Å². The van der Waals surface area contributed by atoms with Crippen LogP contribution in [-0.2, 0) is 4.79 Å². The van der Waals surface area contributed by atoms with E-state index in [4.69, 9.17) is 4.74 Å². The largest absolute Gasteiger partial charge is 0.497 e. The van der Waals surface area contributed by atoms with Gasteiger partial charge in [-0.05, 0) is 55.2 Å². The SMILES string of the molecule is COc1ccc2[nH]c(C(=O)C[C@@H](CC(C)C)C(=O)N3C[C@@H]4C[C@H]3CN4C(=O)c3nc4ccccc4[nH]3)cc2c1. The first kappa shape index (κ1) is 25.2. The third kappa shape index (κ3) is 4.66. The minimum Gasteiger partial charge on any atom is -0.497 e. The number of methoxy groups -OCH3 is 1. The normalized spacial score (nSPS) is 19.4. The second-order valence-electron chi connectivity index (χ2n) is 11.2. The van der Waals surface area contributed by atoms with E-state index in [1.54, 1.807) is 7.11 Å². The summed E-state index contributed by atoms with van der Waals surface area (Å²) in [5.74, 6) is 0.733. The maximum Gasteiger partial charge on any atom is 0.290 e. The molecule has 9 heteroatoms. The zero-order chi connectivity index (χ0) is 27.3. The zero-order valence-electron chi connectivity index (χ0n) is 22.4. The smallest absolute Gasteiger partial charge is 0.290 e. The van der Waals surface area contributed by atoms with E-state index in [0.717, 1.165) is 34.1 Å². The van der Waals surface area contributed by atoms with E-state index in [-0.39, 0.29) is 42.0 Å². The van der Waals surface area contributed by atoms with Crippen molar-refractivity contribution in [3.8, 4) is 5.75 Å². The number of ether oxygens (including phenoxy) is 1. The molecule has 2 aliphatic rings. The van der Waals surface area contributed by atoms with Crippen LogP contribution in [0, 0.1) is 11.8 Å². The number of nitrogens with zero attached hydrogens (tertiary/aromatic N) is 3. The Morgan fingerprint density at radius 3 is 2.49 bits per heavy atom. The average Bonchev–Trinajstić information content (AvgIpc) is 3.72. The lowest BCUT2D eigenvalue weighted by atomic mass is 9.90. The fraction of sp³-hybridized carbons (Fsp3) is 0.400. The Bertz CT molecular complexity index is 1540. The number of imidazole rings is 1. The molecule has 39 heavy (non-hydrogen) atoms. The van der Waals surface area contributed by atoms with Crippen LogP contribution < -0.4 is 4.74 Å². The number of ketones is 1.